The zero-order valence-corrected chi connectivity index (χ0v) is 15.8. The standard InChI is InChI=1S/C17H20F3N9/c1-10-14(25-16-22-8-13(17(18,19)20)15(21-2)26-16)9-28(27-10)11-3-4-12(7-11)29-23-5-6-24-29/h5-6,8-9,11-12H,3-4,7H2,1-2H3,(H2,21,22,25,26)/t11-,12-/m1/s1. The molecule has 3 aromatic heterocycles. The minimum atomic E-state index is -4.53. The second-order valence-electron chi connectivity index (χ2n) is 6.91. The van der Waals surface area contributed by atoms with E-state index in [2.05, 4.69) is 35.9 Å². The predicted molar refractivity (Wildman–Crippen MR) is 98.8 cm³/mol. The maximum Gasteiger partial charge on any atom is 0.421 e. The molecule has 0 spiro atoms. The minimum absolute atomic E-state index is 0.0649. The van der Waals surface area contributed by atoms with Crippen LogP contribution in [-0.4, -0.2) is 41.8 Å². The molecule has 0 radical (unpaired) electrons. The average molecular weight is 407 g/mol. The van der Waals surface area contributed by atoms with Crippen LogP contribution in [0.5, 0.6) is 0 Å². The van der Waals surface area contributed by atoms with Crippen LogP contribution in [0.15, 0.2) is 24.8 Å². The summed E-state index contributed by atoms with van der Waals surface area (Å²) in [6, 6.07) is 0.425. The van der Waals surface area contributed by atoms with Gasteiger partial charge in [0.25, 0.3) is 0 Å². The van der Waals surface area contributed by atoms with E-state index in [0.717, 1.165) is 25.5 Å². The Labute approximate surface area is 164 Å². The number of hydrogen-bond donors (Lipinski definition) is 2. The van der Waals surface area contributed by atoms with Crippen LogP contribution in [0.4, 0.5) is 30.6 Å². The van der Waals surface area contributed by atoms with Crippen LogP contribution in [0, 0.1) is 6.92 Å². The van der Waals surface area contributed by atoms with Gasteiger partial charge in [0.05, 0.1) is 35.9 Å². The Balaban J connectivity index is 1.50. The number of nitrogens with zero attached hydrogens (tertiary/aromatic N) is 7. The molecule has 0 amide bonds. The molecule has 0 bridgehead atoms. The minimum Gasteiger partial charge on any atom is -0.372 e. The van der Waals surface area contributed by atoms with Gasteiger partial charge in [-0.1, -0.05) is 0 Å². The Morgan fingerprint density at radius 2 is 1.86 bits per heavy atom. The van der Waals surface area contributed by atoms with Crippen LogP contribution in [0.25, 0.3) is 0 Å². The molecule has 12 heteroatoms. The Bertz CT molecular complexity index is 981. The van der Waals surface area contributed by atoms with Crippen molar-refractivity contribution in [3.63, 3.8) is 0 Å². The molecule has 1 aliphatic carbocycles. The monoisotopic (exact) mass is 407 g/mol. The highest BCUT2D eigenvalue weighted by atomic mass is 19.4. The lowest BCUT2D eigenvalue weighted by Crippen LogP contribution is -2.12. The predicted octanol–water partition coefficient (Wildman–Crippen LogP) is 3.34. The fourth-order valence-corrected chi connectivity index (χ4v) is 3.55. The molecular weight excluding hydrogens is 387 g/mol. The number of hydrogen-bond acceptors (Lipinski definition) is 7. The molecule has 2 atom stereocenters. The van der Waals surface area contributed by atoms with Gasteiger partial charge in [0.15, 0.2) is 0 Å². The van der Waals surface area contributed by atoms with Gasteiger partial charge in [0.1, 0.15) is 11.4 Å². The van der Waals surface area contributed by atoms with Crippen molar-refractivity contribution in [2.24, 2.45) is 0 Å². The lowest BCUT2D eigenvalue weighted by Gasteiger charge is -2.12. The van der Waals surface area contributed by atoms with Crippen molar-refractivity contribution in [3.8, 4) is 0 Å². The van der Waals surface area contributed by atoms with E-state index >= 15 is 0 Å². The van der Waals surface area contributed by atoms with E-state index in [9.17, 15) is 13.2 Å². The fourth-order valence-electron chi connectivity index (χ4n) is 3.55. The first-order valence-corrected chi connectivity index (χ1v) is 9.15. The SMILES string of the molecule is CNc1nc(Nc2cn([C@@H]3CC[C@@H](n4nccn4)C3)nc2C)ncc1C(F)(F)F. The number of anilines is 3. The van der Waals surface area contributed by atoms with Crippen molar-refractivity contribution in [2.45, 2.75) is 44.4 Å². The highest BCUT2D eigenvalue weighted by molar-refractivity contribution is 5.57. The summed E-state index contributed by atoms with van der Waals surface area (Å²) in [6.45, 7) is 1.82. The van der Waals surface area contributed by atoms with Gasteiger partial charge in [0, 0.05) is 19.4 Å². The first-order valence-electron chi connectivity index (χ1n) is 9.15. The summed E-state index contributed by atoms with van der Waals surface area (Å²) < 4.78 is 40.9. The quantitative estimate of drug-likeness (QED) is 0.669. The lowest BCUT2D eigenvalue weighted by atomic mass is 10.2. The summed E-state index contributed by atoms with van der Waals surface area (Å²) in [4.78, 5) is 9.47. The maximum atomic E-state index is 13.0. The summed E-state index contributed by atoms with van der Waals surface area (Å²) in [7, 11) is 1.38. The summed E-state index contributed by atoms with van der Waals surface area (Å²) in [5, 5.41) is 18.4. The average Bonchev–Trinajstić information content (AvgIpc) is 3.41. The van der Waals surface area contributed by atoms with Crippen LogP contribution in [0.1, 0.15) is 42.6 Å². The Morgan fingerprint density at radius 1 is 1.14 bits per heavy atom. The number of nitrogens with one attached hydrogen (secondary N) is 2. The Kier molecular flexibility index (Phi) is 4.84. The van der Waals surface area contributed by atoms with Crippen molar-refractivity contribution in [2.75, 3.05) is 17.7 Å². The number of aromatic nitrogens is 7. The van der Waals surface area contributed by atoms with Gasteiger partial charge in [-0.25, -0.2) is 4.98 Å². The van der Waals surface area contributed by atoms with Gasteiger partial charge in [-0.05, 0) is 26.2 Å². The first kappa shape index (κ1) is 19.2. The zero-order valence-electron chi connectivity index (χ0n) is 15.8. The maximum absolute atomic E-state index is 13.0. The smallest absolute Gasteiger partial charge is 0.372 e. The lowest BCUT2D eigenvalue weighted by molar-refractivity contribution is -0.137. The highest BCUT2D eigenvalue weighted by Crippen LogP contribution is 2.38. The second kappa shape index (κ2) is 7.33. The van der Waals surface area contributed by atoms with Gasteiger partial charge in [-0.2, -0.15) is 38.2 Å². The first-order chi connectivity index (χ1) is 13.8. The largest absolute Gasteiger partial charge is 0.421 e. The van der Waals surface area contributed by atoms with E-state index in [-0.39, 0.29) is 23.8 Å². The van der Waals surface area contributed by atoms with Crippen LogP contribution in [0.2, 0.25) is 0 Å². The fraction of sp³-hybridized carbons (Fsp3) is 0.471. The van der Waals surface area contributed by atoms with Crippen molar-refractivity contribution >= 4 is 17.5 Å². The van der Waals surface area contributed by atoms with Crippen molar-refractivity contribution in [1.29, 1.82) is 0 Å². The van der Waals surface area contributed by atoms with Crippen LogP contribution < -0.4 is 10.6 Å². The highest BCUT2D eigenvalue weighted by Gasteiger charge is 2.35. The van der Waals surface area contributed by atoms with Crippen molar-refractivity contribution in [1.82, 2.24) is 34.7 Å². The van der Waals surface area contributed by atoms with Crippen LogP contribution in [-0.2, 0) is 6.18 Å². The molecule has 3 aromatic rings. The summed E-state index contributed by atoms with van der Waals surface area (Å²) in [5.41, 5.74) is 0.440. The number of alkyl halides is 3. The molecule has 0 unspecified atom stereocenters. The molecular formula is C17H20F3N9. The second-order valence-corrected chi connectivity index (χ2v) is 6.91. The van der Waals surface area contributed by atoms with E-state index < -0.39 is 11.7 Å². The van der Waals surface area contributed by atoms with Gasteiger partial charge in [-0.3, -0.25) is 4.68 Å². The third-order valence-electron chi connectivity index (χ3n) is 5.01. The molecule has 29 heavy (non-hydrogen) atoms. The van der Waals surface area contributed by atoms with E-state index in [0.29, 0.717) is 11.4 Å². The van der Waals surface area contributed by atoms with E-state index in [1.165, 1.54) is 7.05 Å². The zero-order chi connectivity index (χ0) is 20.6. The molecule has 2 N–H and O–H groups in total. The van der Waals surface area contributed by atoms with E-state index in [1.807, 2.05) is 17.8 Å². The van der Waals surface area contributed by atoms with E-state index in [4.69, 9.17) is 0 Å². The molecule has 1 fully saturated rings. The molecule has 0 aliphatic heterocycles. The summed E-state index contributed by atoms with van der Waals surface area (Å²) in [6.07, 6.45) is 4.14. The Morgan fingerprint density at radius 3 is 2.55 bits per heavy atom. The normalized spacial score (nSPS) is 19.5. The number of halogens is 3. The molecule has 154 valence electrons. The number of rotatable bonds is 5. The summed E-state index contributed by atoms with van der Waals surface area (Å²) >= 11 is 0. The van der Waals surface area contributed by atoms with Crippen molar-refractivity contribution < 1.29 is 13.2 Å². The third kappa shape index (κ3) is 3.87. The van der Waals surface area contributed by atoms with Crippen LogP contribution >= 0.6 is 0 Å². The molecule has 0 aromatic carbocycles. The molecule has 1 saturated carbocycles. The molecule has 9 nitrogen and oxygen atoms in total. The van der Waals surface area contributed by atoms with Gasteiger partial charge in [-0.15, -0.1) is 0 Å². The van der Waals surface area contributed by atoms with E-state index in [1.54, 1.807) is 17.2 Å². The molecule has 1 aliphatic rings. The van der Waals surface area contributed by atoms with Gasteiger partial charge >= 0.3 is 6.18 Å². The van der Waals surface area contributed by atoms with Crippen LogP contribution in [0.3, 0.4) is 0 Å². The Hall–Kier alpha value is -3.18. The number of aryl methyl sites for hydroxylation is 1. The molecule has 3 heterocycles. The summed E-state index contributed by atoms with van der Waals surface area (Å²) in [5.74, 6) is -0.222. The topological polar surface area (TPSA) is 98.4 Å². The third-order valence-corrected chi connectivity index (χ3v) is 5.01. The molecule has 4 rings (SSSR count). The van der Waals surface area contributed by atoms with Crippen molar-refractivity contribution in [3.05, 3.63) is 36.0 Å². The molecule has 0 saturated heterocycles. The van der Waals surface area contributed by atoms with Gasteiger partial charge < -0.3 is 10.6 Å². The van der Waals surface area contributed by atoms with Gasteiger partial charge in [0.2, 0.25) is 5.95 Å².